The summed E-state index contributed by atoms with van der Waals surface area (Å²) < 4.78 is 116. The van der Waals surface area contributed by atoms with Crippen LogP contribution in [0.4, 0.5) is 0 Å². The van der Waals surface area contributed by atoms with Crippen LogP contribution in [-0.4, -0.2) is 232 Å². The molecule has 4 aliphatic rings. The number of ether oxygens (including phenoxy) is 21. The van der Waals surface area contributed by atoms with Crippen LogP contribution in [0.5, 0.6) is 0 Å². The average molecular weight is 1280 g/mol. The Labute approximate surface area is 503 Å². The molecule has 89 heavy (non-hydrogen) atoms. The molecule has 496 valence electrons. The highest BCUT2D eigenvalue weighted by atomic mass is 16.8. The van der Waals surface area contributed by atoms with Gasteiger partial charge in [-0.25, -0.2) is 9.59 Å². The van der Waals surface area contributed by atoms with E-state index >= 15 is 0 Å². The van der Waals surface area contributed by atoms with Crippen LogP contribution in [0.25, 0.3) is 0 Å². The molecule has 0 aromatic carbocycles. The largest absolute Gasteiger partial charge is 0.461 e. The predicted octanol–water partition coefficient (Wildman–Crippen LogP) is -2.70. The van der Waals surface area contributed by atoms with Gasteiger partial charge in [-0.15, -0.1) is 0 Å². The Bertz CT molecular complexity index is 2520. The van der Waals surface area contributed by atoms with Gasteiger partial charge in [-0.1, -0.05) is 0 Å². The molecular weight excluding hydrogens is 1220 g/mol. The Kier molecular flexibility index (Phi) is 26.6. The second kappa shape index (κ2) is 32.5. The average Bonchev–Trinajstić information content (AvgIpc) is 0.908. The predicted molar refractivity (Wildman–Crippen MR) is 268 cm³/mol. The molecule has 20 atom stereocenters. The minimum absolute atomic E-state index is 0.837. The Hall–Kier alpha value is -8.68. The summed E-state index contributed by atoms with van der Waals surface area (Å²) in [5.41, 5.74) is 0. The molecule has 37 heteroatoms. The van der Waals surface area contributed by atoms with Crippen molar-refractivity contribution >= 4 is 95.5 Å². The molecule has 4 fully saturated rings. The maximum absolute atomic E-state index is 14.3. The first kappa shape index (κ1) is 72.8. The second-order valence-corrected chi connectivity index (χ2v) is 19.4. The van der Waals surface area contributed by atoms with Gasteiger partial charge < -0.3 is 99.5 Å². The lowest BCUT2D eigenvalue weighted by Crippen LogP contribution is -2.67. The zero-order valence-corrected chi connectivity index (χ0v) is 50.1. The molecule has 0 N–H and O–H groups in total. The summed E-state index contributed by atoms with van der Waals surface area (Å²) in [4.78, 5) is 205. The first-order valence-electron chi connectivity index (χ1n) is 26.5. The lowest BCUT2D eigenvalue weighted by molar-refractivity contribution is -0.377. The highest BCUT2D eigenvalue weighted by Gasteiger charge is 2.61. The summed E-state index contributed by atoms with van der Waals surface area (Å²) in [6, 6.07) is 0. The molecular formula is C52H66O37. The summed E-state index contributed by atoms with van der Waals surface area (Å²) in [5, 5.41) is 0. The maximum Gasteiger partial charge on any atom is 0.339 e. The molecule has 0 aromatic rings. The van der Waals surface area contributed by atoms with Crippen LogP contribution in [-0.2, 0) is 176 Å². The Morgan fingerprint density at radius 1 is 0.225 bits per heavy atom. The minimum atomic E-state index is -2.35. The number of rotatable bonds is 22. The number of esters is 16. The normalized spacial score (nSPS) is 31.3. The van der Waals surface area contributed by atoms with E-state index in [-0.39, 0.29) is 0 Å². The third kappa shape index (κ3) is 21.3. The fourth-order valence-corrected chi connectivity index (χ4v) is 9.27. The van der Waals surface area contributed by atoms with E-state index in [1.165, 1.54) is 0 Å². The van der Waals surface area contributed by atoms with Crippen LogP contribution < -0.4 is 0 Å². The van der Waals surface area contributed by atoms with E-state index in [0.29, 0.717) is 0 Å². The van der Waals surface area contributed by atoms with Gasteiger partial charge in [0.15, 0.2) is 73.2 Å². The van der Waals surface area contributed by atoms with E-state index in [1.54, 1.807) is 0 Å². The Morgan fingerprint density at radius 3 is 0.652 bits per heavy atom. The van der Waals surface area contributed by atoms with Crippen molar-refractivity contribution in [1.29, 1.82) is 0 Å². The van der Waals surface area contributed by atoms with Crippen LogP contribution in [0.3, 0.4) is 0 Å². The summed E-state index contributed by atoms with van der Waals surface area (Å²) in [6.07, 6.45) is -42.0. The molecule has 4 rings (SSSR count). The SMILES string of the molecule is CC(=O)OC1C(OC(C)=O)[C@@H](OC(C)=O)C(COC(=O)C2O[C@@H](OC(C)=O)C(OC(C)=O)[C@@H](OC(C)=O)[C@H]2OC(C)=O)O[C@H]1O[C@@H]1OC(COC(=O)C2O[C@H](OC(C)=O)[C@H](OC(C)=O)C(OC(C)=O)[C@@H]2OC(C)=O)[C@H](OC(C)=O)[C@H](OC(C)=O)C1OC(C)=O. The smallest absolute Gasteiger partial charge is 0.339 e. The molecule has 37 nitrogen and oxygen atoms in total. The topological polar surface area (TPSA) is 467 Å². The van der Waals surface area contributed by atoms with Crippen LogP contribution in [0, 0.1) is 0 Å². The van der Waals surface area contributed by atoms with Gasteiger partial charge in [0.2, 0.25) is 37.4 Å². The van der Waals surface area contributed by atoms with E-state index in [4.69, 9.17) is 99.5 Å². The van der Waals surface area contributed by atoms with Crippen molar-refractivity contribution in [2.45, 2.75) is 220 Å². The second-order valence-electron chi connectivity index (χ2n) is 19.4. The third-order valence-corrected chi connectivity index (χ3v) is 11.9. The van der Waals surface area contributed by atoms with Gasteiger partial charge >= 0.3 is 95.5 Å². The molecule has 0 amide bonds. The molecule has 0 radical (unpaired) electrons. The van der Waals surface area contributed by atoms with Crippen LogP contribution in [0.1, 0.15) is 96.9 Å². The molecule has 0 bridgehead atoms. The van der Waals surface area contributed by atoms with E-state index in [2.05, 4.69) is 0 Å². The lowest BCUT2D eigenvalue weighted by atomic mass is 9.96. The zero-order chi connectivity index (χ0) is 67.0. The van der Waals surface area contributed by atoms with Gasteiger partial charge in [0.05, 0.1) is 0 Å². The summed E-state index contributed by atoms with van der Waals surface area (Å²) in [6.45, 7) is 9.67. The van der Waals surface area contributed by atoms with Gasteiger partial charge in [-0.3, -0.25) is 67.1 Å². The molecule has 0 aliphatic carbocycles. The maximum atomic E-state index is 14.3. The number of carbonyl (C=O) groups excluding carboxylic acids is 16. The first-order valence-corrected chi connectivity index (χ1v) is 26.5. The van der Waals surface area contributed by atoms with Gasteiger partial charge in [-0.05, 0) is 0 Å². The monoisotopic (exact) mass is 1280 g/mol. The molecule has 4 heterocycles. The Balaban J connectivity index is 1.88. The first-order chi connectivity index (χ1) is 41.5. The van der Waals surface area contributed by atoms with E-state index in [0.717, 1.165) is 96.9 Å². The van der Waals surface area contributed by atoms with E-state index in [1.807, 2.05) is 0 Å². The van der Waals surface area contributed by atoms with Crippen molar-refractivity contribution in [3.63, 3.8) is 0 Å². The van der Waals surface area contributed by atoms with Gasteiger partial charge in [0.1, 0.15) is 25.4 Å². The van der Waals surface area contributed by atoms with Crippen molar-refractivity contribution in [3.8, 4) is 0 Å². The molecule has 0 aromatic heterocycles. The molecule has 4 saturated heterocycles. The summed E-state index contributed by atoms with van der Waals surface area (Å²) >= 11 is 0. The highest BCUT2D eigenvalue weighted by Crippen LogP contribution is 2.38. The van der Waals surface area contributed by atoms with Crippen molar-refractivity contribution in [1.82, 2.24) is 0 Å². The molecule has 4 aliphatic heterocycles. The van der Waals surface area contributed by atoms with Crippen molar-refractivity contribution in [3.05, 3.63) is 0 Å². The number of carbonyl (C=O) groups is 16. The van der Waals surface area contributed by atoms with Gasteiger partial charge in [0, 0.05) is 96.9 Å². The lowest BCUT2D eigenvalue weighted by Gasteiger charge is -2.48. The van der Waals surface area contributed by atoms with Crippen LogP contribution >= 0.6 is 0 Å². The van der Waals surface area contributed by atoms with Crippen molar-refractivity contribution in [2.24, 2.45) is 0 Å². The third-order valence-electron chi connectivity index (χ3n) is 11.9. The quantitative estimate of drug-likeness (QED) is 0.0786. The number of hydrogen-bond acceptors (Lipinski definition) is 37. The molecule has 0 spiro atoms. The van der Waals surface area contributed by atoms with Gasteiger partial charge in [0.25, 0.3) is 0 Å². The molecule has 0 saturated carbocycles. The van der Waals surface area contributed by atoms with E-state index < -0.39 is 232 Å². The van der Waals surface area contributed by atoms with Crippen LogP contribution in [0.15, 0.2) is 0 Å². The highest BCUT2D eigenvalue weighted by molar-refractivity contribution is 5.79. The van der Waals surface area contributed by atoms with Gasteiger partial charge in [-0.2, -0.15) is 0 Å². The minimum Gasteiger partial charge on any atom is -0.461 e. The molecule has 9 unspecified atom stereocenters. The summed E-state index contributed by atoms with van der Waals surface area (Å²) in [7, 11) is 0. The fraction of sp³-hybridized carbons (Fsp3) is 0.692. The van der Waals surface area contributed by atoms with Crippen molar-refractivity contribution in [2.75, 3.05) is 13.2 Å². The standard InChI is InChI=1S/C52H66O37/c1-17(53)71-33-31(15-69-47(67)41-37(75-21(5)57)39(77-23(7)59)45(81-27(11)63)49(87-41)83-29(13)65)85-51(43(79-25(9)61)35(33)73-19(3)55)89-52-44(80-26(10)62)36(74-20(4)56)34(72-18(2)54)32(86-52)16-70-48(68)42-38(76-22(6)58)40(78-24(8)60)46(82-28(12)64)50(88-42)84-30(14)66/h31-46,49-52H,15-16H2,1-14H3/t31?,32?,33-,34-,35-,36?,37-,38+,39?,40-,41?,42?,43?,44?,45+,46?,49-,50+,51-,52-/m0/s1. The number of hydrogen-bond donors (Lipinski definition) is 0. The zero-order valence-electron chi connectivity index (χ0n) is 50.1. The van der Waals surface area contributed by atoms with Crippen LogP contribution in [0.2, 0.25) is 0 Å². The van der Waals surface area contributed by atoms with Crippen molar-refractivity contribution < 1.29 is 176 Å². The Morgan fingerprint density at radius 2 is 0.416 bits per heavy atom. The fourth-order valence-electron chi connectivity index (χ4n) is 9.27. The van der Waals surface area contributed by atoms with E-state index in [9.17, 15) is 76.7 Å². The summed E-state index contributed by atoms with van der Waals surface area (Å²) in [5.74, 6) is -19.1.